The number of nitrogens with zero attached hydrogens (tertiary/aromatic N) is 1. The van der Waals surface area contributed by atoms with Crippen molar-refractivity contribution < 1.29 is 19.0 Å². The summed E-state index contributed by atoms with van der Waals surface area (Å²) in [6.07, 6.45) is 1.65. The molecule has 5 nitrogen and oxygen atoms in total. The molecule has 2 aromatic rings. The maximum atomic E-state index is 13.2. The Morgan fingerprint density at radius 1 is 1.16 bits per heavy atom. The second-order valence-corrected chi connectivity index (χ2v) is 6.13. The fourth-order valence-corrected chi connectivity index (χ4v) is 2.79. The van der Waals surface area contributed by atoms with Crippen LogP contribution in [0.1, 0.15) is 12.8 Å². The first-order chi connectivity index (χ1) is 12.1. The summed E-state index contributed by atoms with van der Waals surface area (Å²) in [4.78, 5) is 14.0. The van der Waals surface area contributed by atoms with Crippen molar-refractivity contribution in [2.45, 2.75) is 12.8 Å². The van der Waals surface area contributed by atoms with Gasteiger partial charge in [0.15, 0.2) is 0 Å². The van der Waals surface area contributed by atoms with Crippen LogP contribution in [0.4, 0.5) is 14.9 Å². The molecule has 1 heterocycles. The lowest BCUT2D eigenvalue weighted by molar-refractivity contribution is 0.143. The molecule has 0 aliphatic carbocycles. The van der Waals surface area contributed by atoms with Crippen LogP contribution >= 0.6 is 0 Å². The van der Waals surface area contributed by atoms with Gasteiger partial charge in [0.1, 0.15) is 17.3 Å². The number of benzene rings is 2. The molecule has 1 aliphatic rings. The van der Waals surface area contributed by atoms with Crippen molar-refractivity contribution in [2.24, 2.45) is 5.92 Å². The summed E-state index contributed by atoms with van der Waals surface area (Å²) in [7, 11) is 0. The van der Waals surface area contributed by atoms with Gasteiger partial charge in [-0.15, -0.1) is 0 Å². The molecule has 132 valence electrons. The molecule has 0 bridgehead atoms. The van der Waals surface area contributed by atoms with Crippen LogP contribution in [0, 0.1) is 11.7 Å². The van der Waals surface area contributed by atoms with Gasteiger partial charge < -0.3 is 20.1 Å². The number of ether oxygens (including phenoxy) is 1. The molecule has 6 heteroatoms. The first kappa shape index (κ1) is 17.2. The van der Waals surface area contributed by atoms with Crippen molar-refractivity contribution in [2.75, 3.05) is 25.0 Å². The van der Waals surface area contributed by atoms with E-state index in [4.69, 9.17) is 9.84 Å². The molecule has 0 saturated carbocycles. The minimum atomic E-state index is -0.355. The smallest absolute Gasteiger partial charge is 0.321 e. The minimum absolute atomic E-state index is 0.143. The second-order valence-electron chi connectivity index (χ2n) is 6.13. The summed E-state index contributed by atoms with van der Waals surface area (Å²) in [6, 6.07) is 12.7. The van der Waals surface area contributed by atoms with Crippen molar-refractivity contribution in [3.05, 3.63) is 54.3 Å². The zero-order chi connectivity index (χ0) is 17.6. The van der Waals surface area contributed by atoms with Gasteiger partial charge in [-0.1, -0.05) is 6.07 Å². The lowest BCUT2D eigenvalue weighted by Crippen LogP contribution is -2.41. The molecule has 0 spiro atoms. The molecule has 0 atom stereocenters. The minimum Gasteiger partial charge on any atom is -0.457 e. The maximum Gasteiger partial charge on any atom is 0.321 e. The van der Waals surface area contributed by atoms with E-state index in [0.29, 0.717) is 36.2 Å². The highest BCUT2D eigenvalue weighted by Gasteiger charge is 2.22. The summed E-state index contributed by atoms with van der Waals surface area (Å²) in [5.41, 5.74) is 0.667. The highest BCUT2D eigenvalue weighted by Crippen LogP contribution is 2.24. The molecule has 2 N–H and O–H groups in total. The van der Waals surface area contributed by atoms with Crippen molar-refractivity contribution in [3.8, 4) is 11.5 Å². The van der Waals surface area contributed by atoms with Crippen molar-refractivity contribution >= 4 is 11.7 Å². The standard InChI is InChI=1S/C19H21FN2O3/c20-15-2-1-3-18(12-15)25-17-6-4-16(5-7-17)21-19(24)22-10-8-14(13-23)9-11-22/h1-7,12,14,23H,8-11,13H2,(H,21,24). The van der Waals surface area contributed by atoms with Crippen LogP contribution < -0.4 is 10.1 Å². The van der Waals surface area contributed by atoms with Crippen LogP contribution in [0.15, 0.2) is 48.5 Å². The first-order valence-corrected chi connectivity index (χ1v) is 8.34. The van der Waals surface area contributed by atoms with Crippen molar-refractivity contribution in [1.29, 1.82) is 0 Å². The third-order valence-corrected chi connectivity index (χ3v) is 4.30. The van der Waals surface area contributed by atoms with Gasteiger partial charge in [-0.05, 0) is 55.2 Å². The molecule has 3 rings (SSSR count). The van der Waals surface area contributed by atoms with E-state index in [9.17, 15) is 9.18 Å². The van der Waals surface area contributed by atoms with Crippen LogP contribution in [0.5, 0.6) is 11.5 Å². The van der Waals surface area contributed by atoms with Gasteiger partial charge in [0.05, 0.1) is 0 Å². The van der Waals surface area contributed by atoms with E-state index in [2.05, 4.69) is 5.32 Å². The zero-order valence-electron chi connectivity index (χ0n) is 13.8. The third kappa shape index (κ3) is 4.70. The van der Waals surface area contributed by atoms with Crippen LogP contribution in [-0.4, -0.2) is 35.7 Å². The van der Waals surface area contributed by atoms with Crippen molar-refractivity contribution in [3.63, 3.8) is 0 Å². The number of anilines is 1. The van der Waals surface area contributed by atoms with E-state index in [0.717, 1.165) is 12.8 Å². The molecule has 0 unspecified atom stereocenters. The number of likely N-dealkylation sites (tertiary alicyclic amines) is 1. The topological polar surface area (TPSA) is 61.8 Å². The zero-order valence-corrected chi connectivity index (χ0v) is 13.8. The van der Waals surface area contributed by atoms with Gasteiger partial charge in [0.2, 0.25) is 0 Å². The first-order valence-electron chi connectivity index (χ1n) is 8.34. The summed E-state index contributed by atoms with van der Waals surface area (Å²) in [5, 5.41) is 12.0. The summed E-state index contributed by atoms with van der Waals surface area (Å²) < 4.78 is 18.7. The Kier molecular flexibility index (Phi) is 5.50. The Morgan fingerprint density at radius 3 is 2.52 bits per heavy atom. The Morgan fingerprint density at radius 2 is 1.88 bits per heavy atom. The van der Waals surface area contributed by atoms with Gasteiger partial charge in [-0.3, -0.25) is 0 Å². The molecule has 0 radical (unpaired) electrons. The monoisotopic (exact) mass is 344 g/mol. The predicted octanol–water partition coefficient (Wildman–Crippen LogP) is 3.85. The van der Waals surface area contributed by atoms with E-state index in [1.807, 2.05) is 0 Å². The van der Waals surface area contributed by atoms with Gasteiger partial charge in [-0.25, -0.2) is 9.18 Å². The number of carbonyl (C=O) groups excluding carboxylic acids is 1. The van der Waals surface area contributed by atoms with E-state index in [1.54, 1.807) is 41.3 Å². The van der Waals surface area contributed by atoms with Gasteiger partial charge in [0.25, 0.3) is 0 Å². The number of hydrogen-bond donors (Lipinski definition) is 2. The number of carbonyl (C=O) groups is 1. The van der Waals surface area contributed by atoms with Crippen LogP contribution in [-0.2, 0) is 0 Å². The largest absolute Gasteiger partial charge is 0.457 e. The molecule has 1 saturated heterocycles. The molecule has 1 fully saturated rings. The van der Waals surface area contributed by atoms with E-state index in [-0.39, 0.29) is 18.5 Å². The number of aliphatic hydroxyl groups is 1. The van der Waals surface area contributed by atoms with Crippen molar-refractivity contribution in [1.82, 2.24) is 4.90 Å². The Labute approximate surface area is 146 Å². The quantitative estimate of drug-likeness (QED) is 0.885. The number of rotatable bonds is 4. The molecular weight excluding hydrogens is 323 g/mol. The number of hydrogen-bond acceptors (Lipinski definition) is 3. The van der Waals surface area contributed by atoms with E-state index < -0.39 is 0 Å². The number of aliphatic hydroxyl groups excluding tert-OH is 1. The average Bonchev–Trinajstić information content (AvgIpc) is 2.63. The number of halogens is 1. The van der Waals surface area contributed by atoms with Crippen LogP contribution in [0.2, 0.25) is 0 Å². The Bertz CT molecular complexity index is 713. The molecule has 2 aromatic carbocycles. The fraction of sp³-hybridized carbons (Fsp3) is 0.316. The van der Waals surface area contributed by atoms with Gasteiger partial charge in [-0.2, -0.15) is 0 Å². The van der Waals surface area contributed by atoms with E-state index >= 15 is 0 Å². The predicted molar refractivity (Wildman–Crippen MR) is 93.3 cm³/mol. The Balaban J connectivity index is 1.54. The Hall–Kier alpha value is -2.60. The van der Waals surface area contributed by atoms with Gasteiger partial charge in [0, 0.05) is 31.5 Å². The van der Waals surface area contributed by atoms with Crippen LogP contribution in [0.3, 0.4) is 0 Å². The maximum absolute atomic E-state index is 13.2. The highest BCUT2D eigenvalue weighted by molar-refractivity contribution is 5.89. The average molecular weight is 344 g/mol. The fourth-order valence-electron chi connectivity index (χ4n) is 2.79. The lowest BCUT2D eigenvalue weighted by atomic mass is 9.98. The van der Waals surface area contributed by atoms with Gasteiger partial charge >= 0.3 is 6.03 Å². The summed E-state index contributed by atoms with van der Waals surface area (Å²) in [6.45, 7) is 1.48. The molecule has 0 aromatic heterocycles. The molecule has 25 heavy (non-hydrogen) atoms. The highest BCUT2D eigenvalue weighted by atomic mass is 19.1. The second kappa shape index (κ2) is 7.98. The molecule has 1 aliphatic heterocycles. The van der Waals surface area contributed by atoms with E-state index in [1.165, 1.54) is 12.1 Å². The van der Waals surface area contributed by atoms with Crippen LogP contribution in [0.25, 0.3) is 0 Å². The lowest BCUT2D eigenvalue weighted by Gasteiger charge is -2.31. The SMILES string of the molecule is O=C(Nc1ccc(Oc2cccc(F)c2)cc1)N1CCC(CO)CC1. The number of piperidine rings is 1. The summed E-state index contributed by atoms with van der Waals surface area (Å²) in [5.74, 6) is 0.922. The molecule has 2 amide bonds. The number of amides is 2. The summed E-state index contributed by atoms with van der Waals surface area (Å²) >= 11 is 0. The normalized spacial score (nSPS) is 15.0. The molecular formula is C19H21FN2O3. The third-order valence-electron chi connectivity index (χ3n) is 4.30. The number of nitrogens with one attached hydrogen (secondary N) is 1. The number of urea groups is 1.